The molecule has 6 N–H and O–H groups in total. The van der Waals surface area contributed by atoms with Gasteiger partial charge in [-0.1, -0.05) is 0 Å². The van der Waals surface area contributed by atoms with Crippen LogP contribution < -0.4 is 17.2 Å². The van der Waals surface area contributed by atoms with Gasteiger partial charge in [0.1, 0.15) is 12.6 Å². The van der Waals surface area contributed by atoms with E-state index in [1.165, 1.54) is 0 Å². The minimum atomic E-state index is -0.978. The van der Waals surface area contributed by atoms with Gasteiger partial charge < -0.3 is 21.9 Å². The second-order valence-corrected chi connectivity index (χ2v) is 2.23. The van der Waals surface area contributed by atoms with E-state index in [-0.39, 0.29) is 19.6 Å². The summed E-state index contributed by atoms with van der Waals surface area (Å²) in [6.45, 7) is 0.334. The summed E-state index contributed by atoms with van der Waals surface area (Å²) in [5.74, 6) is -1.29. The number of nitrogens with two attached hydrogens (primary N) is 3. The Morgan fingerprint density at radius 2 is 2.00 bits per heavy atom. The Kier molecular flexibility index (Phi) is 4.98. The van der Waals surface area contributed by atoms with E-state index >= 15 is 0 Å². The van der Waals surface area contributed by atoms with Crippen LogP contribution in [0.5, 0.6) is 0 Å². The lowest BCUT2D eigenvalue weighted by atomic mass is 10.2. The van der Waals surface area contributed by atoms with Gasteiger partial charge in [0.15, 0.2) is 0 Å². The van der Waals surface area contributed by atoms with Crippen molar-refractivity contribution in [2.75, 3.05) is 13.2 Å². The monoisotopic (exact) mass is 175 g/mol. The summed E-state index contributed by atoms with van der Waals surface area (Å²) in [4.78, 5) is 21.1. The van der Waals surface area contributed by atoms with Crippen molar-refractivity contribution in [1.29, 1.82) is 0 Å². The number of esters is 1. The van der Waals surface area contributed by atoms with Gasteiger partial charge >= 0.3 is 5.97 Å². The van der Waals surface area contributed by atoms with Gasteiger partial charge in [0.2, 0.25) is 5.91 Å². The number of hydrogen-bond donors (Lipinski definition) is 3. The van der Waals surface area contributed by atoms with E-state index in [1.54, 1.807) is 0 Å². The molecule has 0 aliphatic rings. The van der Waals surface area contributed by atoms with Gasteiger partial charge in [0.25, 0.3) is 0 Å². The zero-order chi connectivity index (χ0) is 9.56. The summed E-state index contributed by atoms with van der Waals surface area (Å²) in [7, 11) is 0. The Balaban J connectivity index is 3.69. The lowest BCUT2D eigenvalue weighted by Crippen LogP contribution is -2.37. The minimum Gasteiger partial charge on any atom is -0.463 e. The molecule has 0 aromatic heterocycles. The van der Waals surface area contributed by atoms with E-state index in [9.17, 15) is 9.59 Å². The first-order valence-electron chi connectivity index (χ1n) is 3.48. The maximum Gasteiger partial charge on any atom is 0.323 e. The molecule has 12 heavy (non-hydrogen) atoms. The largest absolute Gasteiger partial charge is 0.463 e. The first-order valence-corrected chi connectivity index (χ1v) is 3.48. The van der Waals surface area contributed by atoms with Crippen LogP contribution >= 0.6 is 0 Å². The molecule has 70 valence electrons. The minimum absolute atomic E-state index is 0.102. The summed E-state index contributed by atoms with van der Waals surface area (Å²) in [5, 5.41) is 0. The summed E-state index contributed by atoms with van der Waals surface area (Å²) < 4.78 is 4.56. The summed E-state index contributed by atoms with van der Waals surface area (Å²) in [5.41, 5.74) is 15.1. The average molecular weight is 175 g/mol. The topological polar surface area (TPSA) is 121 Å². The Bertz CT molecular complexity index is 171. The molecule has 0 unspecified atom stereocenters. The summed E-state index contributed by atoms with van der Waals surface area (Å²) in [6, 6.07) is -0.978. The normalized spacial score (nSPS) is 12.2. The van der Waals surface area contributed by atoms with Crippen molar-refractivity contribution in [2.45, 2.75) is 12.5 Å². The van der Waals surface area contributed by atoms with Crippen molar-refractivity contribution in [1.82, 2.24) is 0 Å². The third kappa shape index (κ3) is 4.64. The molecule has 0 saturated carbocycles. The van der Waals surface area contributed by atoms with E-state index in [2.05, 4.69) is 4.74 Å². The number of carbonyl (C=O) groups excluding carboxylic acids is 2. The molecule has 1 atom stereocenters. The molecule has 0 bridgehead atoms. The molecule has 0 spiro atoms. The van der Waals surface area contributed by atoms with Gasteiger partial charge in [-0.2, -0.15) is 0 Å². The van der Waals surface area contributed by atoms with Crippen LogP contribution in [0.4, 0.5) is 0 Å². The summed E-state index contributed by atoms with van der Waals surface area (Å²) >= 11 is 0. The van der Waals surface area contributed by atoms with Crippen LogP contribution in [-0.4, -0.2) is 31.1 Å². The van der Waals surface area contributed by atoms with E-state index in [0.29, 0.717) is 0 Å². The zero-order valence-electron chi connectivity index (χ0n) is 6.66. The molecule has 0 aliphatic heterocycles. The van der Waals surface area contributed by atoms with Gasteiger partial charge in [-0.3, -0.25) is 9.59 Å². The maximum atomic E-state index is 10.8. The molecule has 0 saturated heterocycles. The molecule has 0 heterocycles. The third-order valence-electron chi connectivity index (χ3n) is 1.09. The average Bonchev–Trinajstić information content (AvgIpc) is 1.98. The Morgan fingerprint density at radius 3 is 2.42 bits per heavy atom. The first-order chi connectivity index (χ1) is 5.57. The van der Waals surface area contributed by atoms with E-state index in [1.807, 2.05) is 0 Å². The zero-order valence-corrected chi connectivity index (χ0v) is 6.66. The quantitative estimate of drug-likeness (QED) is 0.405. The SMILES string of the molecule is NCCOC(=O)[C@@H](N)CC(N)=O. The molecule has 1 amide bonds. The van der Waals surface area contributed by atoms with Gasteiger partial charge in [-0.15, -0.1) is 0 Å². The van der Waals surface area contributed by atoms with Crippen molar-refractivity contribution in [3.63, 3.8) is 0 Å². The molecule has 0 aromatic carbocycles. The second-order valence-electron chi connectivity index (χ2n) is 2.23. The number of carbonyl (C=O) groups is 2. The Hall–Kier alpha value is -1.14. The summed E-state index contributed by atoms with van der Waals surface area (Å²) in [6.07, 6.45) is -0.205. The molecule has 6 nitrogen and oxygen atoms in total. The van der Waals surface area contributed by atoms with E-state index in [4.69, 9.17) is 17.2 Å². The van der Waals surface area contributed by atoms with Gasteiger partial charge in [-0.25, -0.2) is 0 Å². The standard InChI is InChI=1S/C6H13N3O3/c7-1-2-12-6(11)4(8)3-5(9)10/h4H,1-3,7-8H2,(H2,9,10)/t4-/m0/s1. The van der Waals surface area contributed by atoms with Crippen LogP contribution in [0.25, 0.3) is 0 Å². The molecule has 0 rings (SSSR count). The van der Waals surface area contributed by atoms with Crippen LogP contribution in [0.15, 0.2) is 0 Å². The molecule has 0 radical (unpaired) electrons. The number of ether oxygens (including phenoxy) is 1. The van der Waals surface area contributed by atoms with Crippen molar-refractivity contribution >= 4 is 11.9 Å². The Morgan fingerprint density at radius 1 is 1.42 bits per heavy atom. The van der Waals surface area contributed by atoms with Crippen LogP contribution in [0.1, 0.15) is 6.42 Å². The van der Waals surface area contributed by atoms with Crippen LogP contribution in [0, 0.1) is 0 Å². The van der Waals surface area contributed by atoms with E-state index in [0.717, 1.165) is 0 Å². The molecular formula is C6H13N3O3. The van der Waals surface area contributed by atoms with Gasteiger partial charge in [0, 0.05) is 6.54 Å². The highest BCUT2D eigenvalue weighted by molar-refractivity contribution is 5.84. The lowest BCUT2D eigenvalue weighted by Gasteiger charge is -2.08. The molecule has 6 heteroatoms. The van der Waals surface area contributed by atoms with Gasteiger partial charge in [0.05, 0.1) is 6.42 Å². The highest BCUT2D eigenvalue weighted by atomic mass is 16.5. The van der Waals surface area contributed by atoms with Crippen molar-refractivity contribution < 1.29 is 14.3 Å². The van der Waals surface area contributed by atoms with Crippen molar-refractivity contribution in [3.8, 4) is 0 Å². The molecule has 0 fully saturated rings. The fraction of sp³-hybridized carbons (Fsp3) is 0.667. The molecule has 0 aliphatic carbocycles. The molecule has 0 aromatic rings. The highest BCUT2D eigenvalue weighted by Crippen LogP contribution is 1.90. The number of amides is 1. The number of hydrogen-bond acceptors (Lipinski definition) is 5. The molecular weight excluding hydrogens is 162 g/mol. The predicted octanol–water partition coefficient (Wildman–Crippen LogP) is -2.31. The van der Waals surface area contributed by atoms with Crippen LogP contribution in [-0.2, 0) is 14.3 Å². The number of rotatable bonds is 5. The smallest absolute Gasteiger partial charge is 0.323 e. The van der Waals surface area contributed by atoms with E-state index < -0.39 is 17.9 Å². The highest BCUT2D eigenvalue weighted by Gasteiger charge is 2.16. The maximum absolute atomic E-state index is 10.8. The van der Waals surface area contributed by atoms with Gasteiger partial charge in [-0.05, 0) is 0 Å². The van der Waals surface area contributed by atoms with Crippen LogP contribution in [0.3, 0.4) is 0 Å². The first kappa shape index (κ1) is 10.9. The second kappa shape index (κ2) is 5.50. The lowest BCUT2D eigenvalue weighted by molar-refractivity contribution is -0.146. The number of primary amides is 1. The third-order valence-corrected chi connectivity index (χ3v) is 1.09. The predicted molar refractivity (Wildman–Crippen MR) is 41.8 cm³/mol. The fourth-order valence-electron chi connectivity index (χ4n) is 0.567. The van der Waals surface area contributed by atoms with Crippen molar-refractivity contribution in [3.05, 3.63) is 0 Å². The fourth-order valence-corrected chi connectivity index (χ4v) is 0.567. The van der Waals surface area contributed by atoms with Crippen LogP contribution in [0.2, 0.25) is 0 Å². The Labute approximate surface area is 70.0 Å². The van der Waals surface area contributed by atoms with Crippen molar-refractivity contribution in [2.24, 2.45) is 17.2 Å².